The van der Waals surface area contributed by atoms with Gasteiger partial charge in [-0.15, -0.1) is 0 Å². The lowest BCUT2D eigenvalue weighted by Crippen LogP contribution is -2.04. The summed E-state index contributed by atoms with van der Waals surface area (Å²) in [6, 6.07) is 2.65. The van der Waals surface area contributed by atoms with Crippen LogP contribution in [0.1, 0.15) is 0 Å². The van der Waals surface area contributed by atoms with Gasteiger partial charge in [0, 0.05) is 19.4 Å². The van der Waals surface area contributed by atoms with Gasteiger partial charge in [-0.2, -0.15) is 0 Å². The molecule has 0 radical (unpaired) electrons. The van der Waals surface area contributed by atoms with Gasteiger partial charge in [0.2, 0.25) is 5.15 Å². The quantitative estimate of drug-likeness (QED) is 0.454. The molecular weight excluding hydrogens is 242 g/mol. The predicted octanol–water partition coefficient (Wildman–Crippen LogP) is 1.73. The highest BCUT2D eigenvalue weighted by molar-refractivity contribution is 7.93. The van der Waals surface area contributed by atoms with Crippen molar-refractivity contribution in [3.05, 3.63) is 27.4 Å². The molecule has 0 saturated carbocycles. The molecule has 0 aliphatic rings. The molecule has 0 saturated heterocycles. The molecule has 0 bridgehead atoms. The molecule has 1 heterocycles. The highest BCUT2D eigenvalue weighted by Gasteiger charge is 2.22. The average Bonchev–Trinajstić information content (AvgIpc) is 2.17. The Bertz CT molecular complexity index is 522. The molecule has 1 aromatic heterocycles. The minimum absolute atomic E-state index is 0.0144. The zero-order chi connectivity index (χ0) is 11.6. The molecule has 6 nitrogen and oxygen atoms in total. The van der Waals surface area contributed by atoms with E-state index >= 15 is 0 Å². The van der Waals surface area contributed by atoms with Crippen LogP contribution in [0.5, 0.6) is 0 Å². The Balaban J connectivity index is 3.57. The van der Waals surface area contributed by atoms with Gasteiger partial charge in [0.1, 0.15) is 4.90 Å². The van der Waals surface area contributed by atoms with E-state index in [1.807, 2.05) is 0 Å². The summed E-state index contributed by atoms with van der Waals surface area (Å²) in [5.41, 5.74) is 0. The molecule has 0 aliphatic heterocycles. The fourth-order valence-corrected chi connectivity index (χ4v) is 2.06. The van der Waals surface area contributed by atoms with Crippen molar-refractivity contribution in [3.63, 3.8) is 0 Å². The average molecular weight is 250 g/mol. The van der Waals surface area contributed by atoms with E-state index in [2.05, 4.69) is 9.35 Å². The van der Waals surface area contributed by atoms with Gasteiger partial charge >= 0.3 is 5.82 Å². The van der Waals surface area contributed by atoms with Gasteiger partial charge in [0.05, 0.1) is 9.73 Å². The first-order valence-electron chi connectivity index (χ1n) is 3.79. The van der Waals surface area contributed by atoms with Crippen molar-refractivity contribution in [1.82, 2.24) is 4.98 Å². The summed E-state index contributed by atoms with van der Waals surface area (Å²) in [5.74, 6) is -0.513. The van der Waals surface area contributed by atoms with Crippen molar-refractivity contribution in [2.75, 3.05) is 13.3 Å². The smallest absolute Gasteiger partial charge is 0.358 e. The topological polar surface area (TPSA) is 85.5 Å². The molecule has 1 aromatic rings. The number of rotatable bonds is 2. The van der Waals surface area contributed by atoms with E-state index in [-0.39, 0.29) is 10.0 Å². The summed E-state index contributed by atoms with van der Waals surface area (Å²) in [6.45, 7) is 0. The van der Waals surface area contributed by atoms with E-state index in [1.54, 1.807) is 0 Å². The normalized spacial score (nSPS) is 14.3. The third kappa shape index (κ3) is 2.42. The summed E-state index contributed by atoms with van der Waals surface area (Å²) < 4.78 is 15.4. The maximum absolute atomic E-state index is 11.8. The third-order valence-corrected chi connectivity index (χ3v) is 3.78. The second-order valence-corrected chi connectivity index (χ2v) is 5.50. The SMILES string of the molecule is CN=S(C)(=O)c1ccc(Cl)nc1[N+](=O)[O-]. The van der Waals surface area contributed by atoms with Crippen LogP contribution in [0.25, 0.3) is 0 Å². The number of halogens is 1. The van der Waals surface area contributed by atoms with Crippen LogP contribution in [0, 0.1) is 10.1 Å². The van der Waals surface area contributed by atoms with Gasteiger partial charge in [-0.05, 0) is 27.6 Å². The number of aromatic nitrogens is 1. The molecule has 82 valence electrons. The first-order chi connectivity index (χ1) is 6.88. The highest BCUT2D eigenvalue weighted by Crippen LogP contribution is 2.24. The van der Waals surface area contributed by atoms with Gasteiger partial charge in [-0.25, -0.2) is 8.57 Å². The number of pyridine rings is 1. The second kappa shape index (κ2) is 4.11. The monoisotopic (exact) mass is 249 g/mol. The van der Waals surface area contributed by atoms with Crippen LogP contribution in [-0.2, 0) is 9.73 Å². The molecule has 8 heteroatoms. The molecule has 15 heavy (non-hydrogen) atoms. The summed E-state index contributed by atoms with van der Waals surface area (Å²) in [4.78, 5) is 13.4. The maximum Gasteiger partial charge on any atom is 0.382 e. The summed E-state index contributed by atoms with van der Waals surface area (Å²) in [5, 5.41) is 10.6. The summed E-state index contributed by atoms with van der Waals surface area (Å²) in [7, 11) is -1.44. The Morgan fingerprint density at radius 3 is 2.67 bits per heavy atom. The van der Waals surface area contributed by atoms with E-state index in [4.69, 9.17) is 11.6 Å². The van der Waals surface area contributed by atoms with E-state index in [9.17, 15) is 14.3 Å². The fourth-order valence-electron chi connectivity index (χ4n) is 0.937. The molecule has 0 amide bonds. The van der Waals surface area contributed by atoms with E-state index < -0.39 is 20.5 Å². The predicted molar refractivity (Wildman–Crippen MR) is 56.6 cm³/mol. The Kier molecular flexibility index (Phi) is 3.25. The van der Waals surface area contributed by atoms with Crippen LogP contribution in [0.3, 0.4) is 0 Å². The van der Waals surface area contributed by atoms with E-state index in [0.717, 1.165) is 0 Å². The van der Waals surface area contributed by atoms with Gasteiger partial charge < -0.3 is 10.1 Å². The Morgan fingerprint density at radius 1 is 1.60 bits per heavy atom. The minimum atomic E-state index is -2.78. The molecule has 1 unspecified atom stereocenters. The summed E-state index contributed by atoms with van der Waals surface area (Å²) >= 11 is 5.52. The van der Waals surface area contributed by atoms with Crippen molar-refractivity contribution < 1.29 is 9.13 Å². The van der Waals surface area contributed by atoms with Gasteiger partial charge in [0.15, 0.2) is 0 Å². The first-order valence-corrected chi connectivity index (χ1v) is 6.10. The largest absolute Gasteiger partial charge is 0.382 e. The van der Waals surface area contributed by atoms with Crippen molar-refractivity contribution in [3.8, 4) is 0 Å². The van der Waals surface area contributed by atoms with Crippen LogP contribution >= 0.6 is 11.6 Å². The highest BCUT2D eigenvalue weighted by atomic mass is 35.5. The molecule has 1 rings (SSSR count). The lowest BCUT2D eigenvalue weighted by molar-refractivity contribution is -0.392. The van der Waals surface area contributed by atoms with Crippen LogP contribution in [-0.4, -0.2) is 27.4 Å². The Hall–Kier alpha value is -1.21. The molecule has 0 fully saturated rings. The van der Waals surface area contributed by atoms with Crippen molar-refractivity contribution >= 4 is 27.1 Å². The number of nitrogens with zero attached hydrogens (tertiary/aromatic N) is 3. The standard InChI is InChI=1S/C7H8ClN3O3S/c1-9-15(2,14)5-3-4-6(8)10-7(5)11(12)13/h3-4H,1-2H3. The lowest BCUT2D eigenvalue weighted by atomic mass is 10.5. The number of hydrogen-bond donors (Lipinski definition) is 0. The van der Waals surface area contributed by atoms with Gasteiger partial charge in [-0.3, -0.25) is 0 Å². The van der Waals surface area contributed by atoms with Crippen molar-refractivity contribution in [2.45, 2.75) is 4.90 Å². The number of nitro groups is 1. The molecular formula is C7H8ClN3O3S. The van der Waals surface area contributed by atoms with Crippen LogP contribution in [0.4, 0.5) is 5.82 Å². The Morgan fingerprint density at radius 2 is 2.20 bits per heavy atom. The van der Waals surface area contributed by atoms with Gasteiger partial charge in [0.25, 0.3) is 0 Å². The maximum atomic E-state index is 11.8. The van der Waals surface area contributed by atoms with Crippen LogP contribution in [0.2, 0.25) is 5.15 Å². The zero-order valence-corrected chi connectivity index (χ0v) is 9.58. The van der Waals surface area contributed by atoms with E-state index in [0.29, 0.717) is 0 Å². The molecule has 1 atom stereocenters. The molecule has 0 N–H and O–H groups in total. The van der Waals surface area contributed by atoms with Gasteiger partial charge in [-0.1, -0.05) is 0 Å². The van der Waals surface area contributed by atoms with E-state index in [1.165, 1.54) is 25.4 Å². The number of hydrogen-bond acceptors (Lipinski definition) is 5. The van der Waals surface area contributed by atoms with Crippen LogP contribution in [0.15, 0.2) is 21.4 Å². The van der Waals surface area contributed by atoms with Crippen LogP contribution < -0.4 is 0 Å². The minimum Gasteiger partial charge on any atom is -0.358 e. The second-order valence-electron chi connectivity index (χ2n) is 2.70. The third-order valence-electron chi connectivity index (χ3n) is 1.73. The van der Waals surface area contributed by atoms with Crippen molar-refractivity contribution in [2.24, 2.45) is 4.36 Å². The first kappa shape index (κ1) is 11.9. The molecule has 0 aliphatic carbocycles. The Labute approximate surface area is 91.6 Å². The fraction of sp³-hybridized carbons (Fsp3) is 0.286. The molecule has 0 aromatic carbocycles. The summed E-state index contributed by atoms with van der Waals surface area (Å²) in [6.07, 6.45) is 1.31. The lowest BCUT2D eigenvalue weighted by Gasteiger charge is -2.03. The van der Waals surface area contributed by atoms with Crippen molar-refractivity contribution in [1.29, 1.82) is 0 Å². The zero-order valence-electron chi connectivity index (χ0n) is 8.01. The molecule has 0 spiro atoms.